The van der Waals surface area contributed by atoms with E-state index >= 15 is 0 Å². The van der Waals surface area contributed by atoms with Crippen LogP contribution >= 0.6 is 0 Å². The topological polar surface area (TPSA) is 63.9 Å². The van der Waals surface area contributed by atoms with Gasteiger partial charge in [-0.15, -0.1) is 0 Å². The van der Waals surface area contributed by atoms with Crippen molar-refractivity contribution in [3.05, 3.63) is 42.4 Å². The fourth-order valence-corrected chi connectivity index (χ4v) is 4.01. The predicted molar refractivity (Wildman–Crippen MR) is 110 cm³/mol. The maximum absolute atomic E-state index is 12.8. The summed E-state index contributed by atoms with van der Waals surface area (Å²) in [5.41, 5.74) is 3.11. The Hall–Kier alpha value is -2.81. The molecule has 1 aliphatic heterocycles. The normalized spacial score (nSPS) is 16.1. The number of carbonyl (C=O) groups is 1. The monoisotopic (exact) mass is 431 g/mol. The van der Waals surface area contributed by atoms with Gasteiger partial charge in [0.2, 0.25) is 0 Å². The van der Waals surface area contributed by atoms with E-state index in [0.29, 0.717) is 31.6 Å². The average molecular weight is 431 g/mol. The van der Waals surface area contributed by atoms with Crippen LogP contribution < -0.4 is 0 Å². The maximum Gasteiger partial charge on any atom is 0.390 e. The van der Waals surface area contributed by atoms with Gasteiger partial charge in [-0.3, -0.25) is 14.5 Å². The number of carbonyl (C=O) groups excluding carboxylic acids is 1. The van der Waals surface area contributed by atoms with Crippen LogP contribution in [-0.4, -0.2) is 56.2 Å². The zero-order chi connectivity index (χ0) is 22.0. The first-order valence-corrected chi connectivity index (χ1v) is 10.3. The largest absolute Gasteiger partial charge is 0.390 e. The smallest absolute Gasteiger partial charge is 0.303 e. The van der Waals surface area contributed by atoms with Crippen molar-refractivity contribution in [3.8, 4) is 11.4 Å². The molecule has 9 heteroatoms. The third kappa shape index (κ3) is 5.28. The second kappa shape index (κ2) is 8.74. The molecule has 31 heavy (non-hydrogen) atoms. The number of hydrogen-bond acceptors (Lipinski definition) is 5. The minimum atomic E-state index is -4.14. The number of pyridine rings is 2. The van der Waals surface area contributed by atoms with Crippen LogP contribution in [-0.2, 0) is 18.3 Å². The summed E-state index contributed by atoms with van der Waals surface area (Å²) < 4.78 is 38.9. The van der Waals surface area contributed by atoms with Crippen LogP contribution in [0.4, 0.5) is 13.2 Å². The van der Waals surface area contributed by atoms with Crippen LogP contribution in [0.3, 0.4) is 0 Å². The van der Waals surface area contributed by atoms with Crippen molar-refractivity contribution in [1.29, 1.82) is 0 Å². The number of hydrogen-bond donors (Lipinski definition) is 0. The standard InChI is InChI=1S/C22H24F3N5O/c1-29-20(4-8-27-29)18-3-2-16-14-26-17(12-19(16)28-18)13-21(31)15-5-9-30(10-6-15)11-7-22(23,24)25/h2-4,8,12,14-15H,5-7,9-11,13H2,1H3. The Labute approximate surface area is 178 Å². The SMILES string of the molecule is Cn1nccc1-c1ccc2cnc(CC(=O)C3CCN(CCC(F)(F)F)CC3)cc2n1. The Balaban J connectivity index is 1.39. The van der Waals surface area contributed by atoms with Crippen molar-refractivity contribution in [2.24, 2.45) is 13.0 Å². The molecule has 0 aliphatic carbocycles. The molecule has 0 bridgehead atoms. The molecule has 0 spiro atoms. The van der Waals surface area contributed by atoms with Gasteiger partial charge in [-0.1, -0.05) is 0 Å². The van der Waals surface area contributed by atoms with E-state index in [4.69, 9.17) is 4.98 Å². The lowest BCUT2D eigenvalue weighted by Gasteiger charge is -2.31. The number of alkyl halides is 3. The van der Waals surface area contributed by atoms with E-state index < -0.39 is 12.6 Å². The Morgan fingerprint density at radius 1 is 1.19 bits per heavy atom. The van der Waals surface area contributed by atoms with Gasteiger partial charge in [0, 0.05) is 49.4 Å². The van der Waals surface area contributed by atoms with E-state index in [1.54, 1.807) is 22.0 Å². The minimum absolute atomic E-state index is 0.00130. The summed E-state index contributed by atoms with van der Waals surface area (Å²) in [5.74, 6) is -0.0431. The first-order chi connectivity index (χ1) is 14.8. The number of ketones is 1. The van der Waals surface area contributed by atoms with E-state index in [-0.39, 0.29) is 24.7 Å². The number of likely N-dealkylation sites (tertiary alicyclic amines) is 1. The zero-order valence-corrected chi connectivity index (χ0v) is 17.3. The lowest BCUT2D eigenvalue weighted by atomic mass is 9.90. The summed E-state index contributed by atoms with van der Waals surface area (Å²) in [6, 6.07) is 7.59. The van der Waals surface area contributed by atoms with Crippen LogP contribution in [0, 0.1) is 5.92 Å². The molecule has 4 heterocycles. The van der Waals surface area contributed by atoms with Crippen molar-refractivity contribution >= 4 is 16.7 Å². The summed E-state index contributed by atoms with van der Waals surface area (Å²) in [6.07, 6.45) is -0.120. The average Bonchev–Trinajstić information content (AvgIpc) is 3.17. The molecule has 0 atom stereocenters. The molecule has 3 aromatic heterocycles. The van der Waals surface area contributed by atoms with Gasteiger partial charge in [0.25, 0.3) is 0 Å². The molecule has 6 nitrogen and oxygen atoms in total. The van der Waals surface area contributed by atoms with Crippen LogP contribution in [0.2, 0.25) is 0 Å². The second-order valence-electron chi connectivity index (χ2n) is 8.03. The van der Waals surface area contributed by atoms with Gasteiger partial charge in [-0.2, -0.15) is 18.3 Å². The quantitative estimate of drug-likeness (QED) is 0.594. The van der Waals surface area contributed by atoms with Crippen LogP contribution in [0.15, 0.2) is 36.7 Å². The molecule has 1 aliphatic rings. The fourth-order valence-electron chi connectivity index (χ4n) is 4.01. The van der Waals surface area contributed by atoms with Crippen molar-refractivity contribution in [1.82, 2.24) is 24.6 Å². The summed E-state index contributed by atoms with van der Waals surface area (Å²) in [4.78, 5) is 23.7. The highest BCUT2D eigenvalue weighted by Gasteiger charge is 2.30. The van der Waals surface area contributed by atoms with Crippen LogP contribution in [0.25, 0.3) is 22.3 Å². The van der Waals surface area contributed by atoms with Gasteiger partial charge in [-0.25, -0.2) is 4.98 Å². The summed E-state index contributed by atoms with van der Waals surface area (Å²) in [6.45, 7) is 1.04. The number of aryl methyl sites for hydroxylation is 1. The highest BCUT2D eigenvalue weighted by Crippen LogP contribution is 2.25. The Morgan fingerprint density at radius 3 is 2.65 bits per heavy atom. The Kier molecular flexibility index (Phi) is 6.04. The first kappa shape index (κ1) is 21.4. The van der Waals surface area contributed by atoms with Gasteiger partial charge in [0.15, 0.2) is 0 Å². The molecule has 0 unspecified atom stereocenters. The molecule has 4 rings (SSSR count). The number of Topliss-reactive ketones (excluding diaryl/α,β-unsaturated/α-hetero) is 1. The third-order valence-corrected chi connectivity index (χ3v) is 5.82. The lowest BCUT2D eigenvalue weighted by Crippen LogP contribution is -2.38. The predicted octanol–water partition coefficient (Wildman–Crippen LogP) is 3.81. The third-order valence-electron chi connectivity index (χ3n) is 5.82. The molecule has 1 fully saturated rings. The highest BCUT2D eigenvalue weighted by atomic mass is 19.4. The van der Waals surface area contributed by atoms with Crippen molar-refractivity contribution in [3.63, 3.8) is 0 Å². The Bertz CT molecular complexity index is 1070. The van der Waals surface area contributed by atoms with Crippen LogP contribution in [0.1, 0.15) is 25.0 Å². The van der Waals surface area contributed by atoms with Gasteiger partial charge in [0.1, 0.15) is 5.78 Å². The molecular formula is C22H24F3N5O. The molecular weight excluding hydrogens is 407 g/mol. The molecule has 0 saturated carbocycles. The highest BCUT2D eigenvalue weighted by molar-refractivity contribution is 5.85. The molecule has 1 saturated heterocycles. The zero-order valence-electron chi connectivity index (χ0n) is 17.3. The van der Waals surface area contributed by atoms with Crippen molar-refractivity contribution in [2.45, 2.75) is 31.9 Å². The van der Waals surface area contributed by atoms with E-state index in [1.807, 2.05) is 31.3 Å². The van der Waals surface area contributed by atoms with Crippen LogP contribution in [0.5, 0.6) is 0 Å². The van der Waals surface area contributed by atoms with Gasteiger partial charge < -0.3 is 4.90 Å². The number of nitrogens with zero attached hydrogens (tertiary/aromatic N) is 5. The minimum Gasteiger partial charge on any atom is -0.303 e. The fraction of sp³-hybridized carbons (Fsp3) is 0.455. The molecule has 0 radical (unpaired) electrons. The van der Waals surface area contributed by atoms with E-state index in [0.717, 1.165) is 22.3 Å². The number of piperidine rings is 1. The van der Waals surface area contributed by atoms with Gasteiger partial charge >= 0.3 is 6.18 Å². The van der Waals surface area contributed by atoms with E-state index in [1.165, 1.54) is 0 Å². The van der Waals surface area contributed by atoms with E-state index in [2.05, 4.69) is 10.1 Å². The molecule has 0 amide bonds. The molecule has 3 aromatic rings. The number of fused-ring (bicyclic) bond motifs is 1. The lowest BCUT2D eigenvalue weighted by molar-refractivity contribution is -0.139. The van der Waals surface area contributed by atoms with Crippen molar-refractivity contribution < 1.29 is 18.0 Å². The number of aromatic nitrogens is 4. The number of rotatable bonds is 6. The molecule has 0 aromatic carbocycles. The van der Waals surface area contributed by atoms with Gasteiger partial charge in [0.05, 0.1) is 23.3 Å². The maximum atomic E-state index is 12.8. The van der Waals surface area contributed by atoms with Gasteiger partial charge in [-0.05, 0) is 50.2 Å². The number of halogens is 3. The molecule has 164 valence electrons. The Morgan fingerprint density at radius 2 is 1.97 bits per heavy atom. The van der Waals surface area contributed by atoms with E-state index in [9.17, 15) is 18.0 Å². The van der Waals surface area contributed by atoms with Crippen molar-refractivity contribution in [2.75, 3.05) is 19.6 Å². The second-order valence-corrected chi connectivity index (χ2v) is 8.03. The first-order valence-electron chi connectivity index (χ1n) is 10.3. The summed E-state index contributed by atoms with van der Waals surface area (Å²) in [7, 11) is 1.85. The molecule has 0 N–H and O–H groups in total. The summed E-state index contributed by atoms with van der Waals surface area (Å²) >= 11 is 0. The summed E-state index contributed by atoms with van der Waals surface area (Å²) in [5, 5.41) is 5.06.